The lowest BCUT2D eigenvalue weighted by molar-refractivity contribution is -0.113. The summed E-state index contributed by atoms with van der Waals surface area (Å²) in [5.41, 5.74) is 1.20. The molecule has 1 heterocycles. The number of halogens is 1. The van der Waals surface area contributed by atoms with Gasteiger partial charge in [-0.3, -0.25) is 4.79 Å². The first kappa shape index (κ1) is 16.9. The first-order valence-electron chi connectivity index (χ1n) is 7.27. The highest BCUT2D eigenvalue weighted by Gasteiger charge is 2.14. The summed E-state index contributed by atoms with van der Waals surface area (Å²) >= 11 is 1.18. The molecule has 9 heteroatoms. The van der Waals surface area contributed by atoms with Crippen molar-refractivity contribution in [2.45, 2.75) is 5.16 Å². The van der Waals surface area contributed by atoms with Crippen molar-refractivity contribution >= 4 is 23.4 Å². The van der Waals surface area contributed by atoms with E-state index in [1.807, 2.05) is 18.2 Å². The van der Waals surface area contributed by atoms with E-state index in [1.165, 1.54) is 40.7 Å². The van der Waals surface area contributed by atoms with Crippen LogP contribution in [-0.2, 0) is 4.79 Å². The first-order valence-corrected chi connectivity index (χ1v) is 8.26. The molecule has 1 amide bonds. The number of hydrogen-bond donors (Lipinski definition) is 1. The molecule has 128 valence electrons. The Labute approximate surface area is 147 Å². The molecule has 3 rings (SSSR count). The molecule has 0 aliphatic heterocycles. The lowest BCUT2D eigenvalue weighted by Gasteiger charge is -2.09. The van der Waals surface area contributed by atoms with Crippen molar-refractivity contribution in [3.63, 3.8) is 0 Å². The molecule has 7 nitrogen and oxygen atoms in total. The van der Waals surface area contributed by atoms with Gasteiger partial charge in [-0.15, -0.1) is 5.10 Å². The number of amides is 1. The fourth-order valence-corrected chi connectivity index (χ4v) is 2.77. The molecule has 0 spiro atoms. The fourth-order valence-electron chi connectivity index (χ4n) is 2.09. The maximum atomic E-state index is 12.9. The van der Waals surface area contributed by atoms with E-state index < -0.39 is 0 Å². The molecule has 1 aromatic heterocycles. The lowest BCUT2D eigenvalue weighted by atomic mass is 10.3. The SMILES string of the molecule is COc1ccccc1-n1nnnc1SCC(=O)Nc1ccc(F)cc1. The monoisotopic (exact) mass is 359 g/mol. The quantitative estimate of drug-likeness (QED) is 0.681. The zero-order valence-electron chi connectivity index (χ0n) is 13.2. The first-order chi connectivity index (χ1) is 12.2. The van der Waals surface area contributed by atoms with Crippen molar-refractivity contribution < 1.29 is 13.9 Å². The van der Waals surface area contributed by atoms with Crippen LogP contribution < -0.4 is 10.1 Å². The Morgan fingerprint density at radius 2 is 2.00 bits per heavy atom. The van der Waals surface area contributed by atoms with E-state index in [2.05, 4.69) is 20.8 Å². The molecule has 25 heavy (non-hydrogen) atoms. The third kappa shape index (κ3) is 4.13. The molecule has 3 aromatic rings. The number of carbonyl (C=O) groups is 1. The average molecular weight is 359 g/mol. The second-order valence-corrected chi connectivity index (χ2v) is 5.83. The Kier molecular flexibility index (Phi) is 5.24. The molecule has 2 aromatic carbocycles. The molecule has 0 aliphatic rings. The van der Waals surface area contributed by atoms with E-state index in [-0.39, 0.29) is 17.5 Å². The number of para-hydroxylation sites is 2. The number of aromatic nitrogens is 4. The third-order valence-corrected chi connectivity index (χ3v) is 4.13. The number of nitrogens with zero attached hydrogens (tertiary/aromatic N) is 4. The highest BCUT2D eigenvalue weighted by Crippen LogP contribution is 2.25. The normalized spacial score (nSPS) is 10.5. The van der Waals surface area contributed by atoms with Crippen molar-refractivity contribution in [2.75, 3.05) is 18.2 Å². The number of hydrogen-bond acceptors (Lipinski definition) is 6. The largest absolute Gasteiger partial charge is 0.494 e. The van der Waals surface area contributed by atoms with Crippen LogP contribution in [0.1, 0.15) is 0 Å². The molecular formula is C16H14FN5O2S. The van der Waals surface area contributed by atoms with Crippen molar-refractivity contribution in [3.05, 3.63) is 54.3 Å². The number of benzene rings is 2. The molecule has 0 atom stereocenters. The van der Waals surface area contributed by atoms with Crippen LogP contribution in [0, 0.1) is 5.82 Å². The number of thioether (sulfide) groups is 1. The Hall–Kier alpha value is -2.94. The molecule has 0 saturated carbocycles. The van der Waals surface area contributed by atoms with Gasteiger partial charge in [-0.1, -0.05) is 23.9 Å². The summed E-state index contributed by atoms with van der Waals surface area (Å²) in [6.45, 7) is 0. The standard InChI is InChI=1S/C16H14FN5O2S/c1-24-14-5-3-2-4-13(14)22-16(19-20-21-22)25-10-15(23)18-12-8-6-11(17)7-9-12/h2-9H,10H2,1H3,(H,18,23). The number of rotatable bonds is 6. The van der Waals surface area contributed by atoms with Crippen LogP contribution >= 0.6 is 11.8 Å². The van der Waals surface area contributed by atoms with E-state index >= 15 is 0 Å². The van der Waals surface area contributed by atoms with E-state index in [1.54, 1.807) is 13.2 Å². The summed E-state index contributed by atoms with van der Waals surface area (Å²) in [5.74, 6) is 0.120. The Morgan fingerprint density at radius 3 is 2.76 bits per heavy atom. The molecule has 1 N–H and O–H groups in total. The highest BCUT2D eigenvalue weighted by atomic mass is 32.2. The summed E-state index contributed by atoms with van der Waals surface area (Å²) in [6, 6.07) is 12.9. The fraction of sp³-hybridized carbons (Fsp3) is 0.125. The van der Waals surface area contributed by atoms with Crippen LogP contribution in [0.25, 0.3) is 5.69 Å². The molecule has 0 saturated heterocycles. The van der Waals surface area contributed by atoms with Gasteiger partial charge in [0.25, 0.3) is 0 Å². The molecular weight excluding hydrogens is 345 g/mol. The van der Waals surface area contributed by atoms with Crippen LogP contribution in [0.3, 0.4) is 0 Å². The van der Waals surface area contributed by atoms with Gasteiger partial charge in [-0.2, -0.15) is 4.68 Å². The molecule has 0 radical (unpaired) electrons. The lowest BCUT2D eigenvalue weighted by Crippen LogP contribution is -2.14. The summed E-state index contributed by atoms with van der Waals surface area (Å²) in [7, 11) is 1.56. The van der Waals surface area contributed by atoms with Crippen LogP contribution in [-0.4, -0.2) is 39.0 Å². The number of ether oxygens (including phenoxy) is 1. The maximum absolute atomic E-state index is 12.9. The maximum Gasteiger partial charge on any atom is 0.234 e. The van der Waals surface area contributed by atoms with Crippen molar-refractivity contribution in [1.29, 1.82) is 0 Å². The van der Waals surface area contributed by atoms with Gasteiger partial charge in [0.2, 0.25) is 11.1 Å². The van der Waals surface area contributed by atoms with Crippen molar-refractivity contribution in [3.8, 4) is 11.4 Å². The minimum atomic E-state index is -0.358. The Balaban J connectivity index is 1.67. The number of methoxy groups -OCH3 is 1. The van der Waals surface area contributed by atoms with Gasteiger partial charge in [-0.05, 0) is 46.8 Å². The highest BCUT2D eigenvalue weighted by molar-refractivity contribution is 7.99. The number of nitrogens with one attached hydrogen (secondary N) is 1. The van der Waals surface area contributed by atoms with Gasteiger partial charge in [0.05, 0.1) is 12.9 Å². The summed E-state index contributed by atoms with van der Waals surface area (Å²) < 4.78 is 19.7. The summed E-state index contributed by atoms with van der Waals surface area (Å²) in [6.07, 6.45) is 0. The van der Waals surface area contributed by atoms with E-state index in [4.69, 9.17) is 4.74 Å². The number of anilines is 1. The number of carbonyl (C=O) groups excluding carboxylic acids is 1. The molecule has 0 bridgehead atoms. The summed E-state index contributed by atoms with van der Waals surface area (Å²) in [5, 5.41) is 14.7. The van der Waals surface area contributed by atoms with Gasteiger partial charge in [0.15, 0.2) is 0 Å². The van der Waals surface area contributed by atoms with Crippen LogP contribution in [0.2, 0.25) is 0 Å². The minimum Gasteiger partial charge on any atom is -0.494 e. The van der Waals surface area contributed by atoms with Gasteiger partial charge in [0, 0.05) is 5.69 Å². The number of tetrazole rings is 1. The van der Waals surface area contributed by atoms with Crippen molar-refractivity contribution in [1.82, 2.24) is 20.2 Å². The zero-order chi connectivity index (χ0) is 17.6. The third-order valence-electron chi connectivity index (χ3n) is 3.21. The predicted molar refractivity (Wildman–Crippen MR) is 91.5 cm³/mol. The second kappa shape index (κ2) is 7.75. The van der Waals surface area contributed by atoms with Gasteiger partial charge >= 0.3 is 0 Å². The van der Waals surface area contributed by atoms with Gasteiger partial charge in [-0.25, -0.2) is 4.39 Å². The predicted octanol–water partition coefficient (Wildman–Crippen LogP) is 2.54. The average Bonchev–Trinajstić information content (AvgIpc) is 3.10. The van der Waals surface area contributed by atoms with Crippen molar-refractivity contribution in [2.24, 2.45) is 0 Å². The minimum absolute atomic E-state index is 0.104. The van der Waals surface area contributed by atoms with E-state index in [0.717, 1.165) is 0 Å². The van der Waals surface area contributed by atoms with Gasteiger partial charge < -0.3 is 10.1 Å². The summed E-state index contributed by atoms with van der Waals surface area (Å²) in [4.78, 5) is 12.0. The Bertz CT molecular complexity index is 869. The van der Waals surface area contributed by atoms with Crippen LogP contribution in [0.4, 0.5) is 10.1 Å². The van der Waals surface area contributed by atoms with Crippen LogP contribution in [0.15, 0.2) is 53.7 Å². The van der Waals surface area contributed by atoms with E-state index in [9.17, 15) is 9.18 Å². The Morgan fingerprint density at radius 1 is 1.24 bits per heavy atom. The van der Waals surface area contributed by atoms with Gasteiger partial charge in [0.1, 0.15) is 17.3 Å². The zero-order valence-corrected chi connectivity index (χ0v) is 14.0. The van der Waals surface area contributed by atoms with Crippen LogP contribution in [0.5, 0.6) is 5.75 Å². The second-order valence-electron chi connectivity index (χ2n) is 4.89. The smallest absolute Gasteiger partial charge is 0.234 e. The van der Waals surface area contributed by atoms with E-state index in [0.29, 0.717) is 22.3 Å². The molecule has 0 aliphatic carbocycles. The molecule has 0 fully saturated rings. The topological polar surface area (TPSA) is 81.9 Å². The molecule has 0 unspecified atom stereocenters.